The van der Waals surface area contributed by atoms with Gasteiger partial charge in [0.2, 0.25) is 0 Å². The van der Waals surface area contributed by atoms with Crippen LogP contribution in [-0.4, -0.2) is 22.9 Å². The minimum Gasteiger partial charge on any atom is -0.487 e. The Balaban J connectivity index is 1.83. The van der Waals surface area contributed by atoms with Crippen LogP contribution in [-0.2, 0) is 13.0 Å². The zero-order valence-corrected chi connectivity index (χ0v) is 12.9. The van der Waals surface area contributed by atoms with Crippen LogP contribution in [0.2, 0.25) is 0 Å². The Hall–Kier alpha value is -1.88. The summed E-state index contributed by atoms with van der Waals surface area (Å²) >= 11 is 0. The zero-order valence-electron chi connectivity index (χ0n) is 12.9. The van der Waals surface area contributed by atoms with Crippen molar-refractivity contribution in [3.05, 3.63) is 41.2 Å². The monoisotopic (exact) mass is 289 g/mol. The Morgan fingerprint density at radius 3 is 2.62 bits per heavy atom. The van der Waals surface area contributed by atoms with Crippen molar-refractivity contribution in [1.29, 1.82) is 0 Å². The maximum absolute atomic E-state index is 5.68. The van der Waals surface area contributed by atoms with Crippen LogP contribution >= 0.6 is 0 Å². The van der Waals surface area contributed by atoms with Crippen molar-refractivity contribution in [2.75, 3.05) is 6.54 Å². The van der Waals surface area contributed by atoms with Gasteiger partial charge in [-0.2, -0.15) is 0 Å². The van der Waals surface area contributed by atoms with E-state index in [1.165, 1.54) is 5.56 Å². The summed E-state index contributed by atoms with van der Waals surface area (Å²) in [6.45, 7) is 7.68. The number of nitrogens with one attached hydrogen (secondary N) is 1. The fourth-order valence-electron chi connectivity index (χ4n) is 2.07. The van der Waals surface area contributed by atoms with Gasteiger partial charge in [0.15, 0.2) is 0 Å². The molecule has 1 atom stereocenters. The zero-order chi connectivity index (χ0) is 15.1. The lowest BCUT2D eigenvalue weighted by Gasteiger charge is -2.13. The molecule has 0 aliphatic heterocycles. The standard InChI is InChI=1S/C16H23N3O2/c1-4-9-17-12(2)10-14-5-7-15(8-6-14)20-11-16-13(3)18-21-19-16/h5-8,12,17H,4,9-11H2,1-3H3. The number of hydrogen-bond donors (Lipinski definition) is 1. The fourth-order valence-corrected chi connectivity index (χ4v) is 2.07. The molecule has 1 aromatic heterocycles. The fraction of sp³-hybridized carbons (Fsp3) is 0.500. The number of hydrogen-bond acceptors (Lipinski definition) is 5. The third-order valence-corrected chi connectivity index (χ3v) is 3.33. The van der Waals surface area contributed by atoms with Gasteiger partial charge in [0.1, 0.15) is 23.7 Å². The first-order valence-electron chi connectivity index (χ1n) is 7.42. The maximum Gasteiger partial charge on any atom is 0.145 e. The molecule has 5 nitrogen and oxygen atoms in total. The van der Waals surface area contributed by atoms with Crippen LogP contribution in [0.5, 0.6) is 5.75 Å². The van der Waals surface area contributed by atoms with Gasteiger partial charge in [-0.15, -0.1) is 0 Å². The quantitative estimate of drug-likeness (QED) is 0.809. The van der Waals surface area contributed by atoms with Crippen molar-refractivity contribution in [2.24, 2.45) is 0 Å². The van der Waals surface area contributed by atoms with Crippen LogP contribution in [0.15, 0.2) is 28.9 Å². The molecule has 0 amide bonds. The summed E-state index contributed by atoms with van der Waals surface area (Å²) in [5.74, 6) is 0.829. The summed E-state index contributed by atoms with van der Waals surface area (Å²) in [4.78, 5) is 0. The Morgan fingerprint density at radius 1 is 1.24 bits per heavy atom. The first-order valence-corrected chi connectivity index (χ1v) is 7.42. The third kappa shape index (κ3) is 4.86. The molecule has 21 heavy (non-hydrogen) atoms. The largest absolute Gasteiger partial charge is 0.487 e. The van der Waals surface area contributed by atoms with Crippen LogP contribution in [0.3, 0.4) is 0 Å². The van der Waals surface area contributed by atoms with E-state index in [1.807, 2.05) is 19.1 Å². The van der Waals surface area contributed by atoms with E-state index < -0.39 is 0 Å². The van der Waals surface area contributed by atoms with Gasteiger partial charge in [-0.05, 0) is 50.9 Å². The first-order chi connectivity index (χ1) is 10.2. The highest BCUT2D eigenvalue weighted by Gasteiger charge is 2.06. The van der Waals surface area contributed by atoms with Crippen LogP contribution in [0, 0.1) is 6.92 Å². The molecule has 0 saturated heterocycles. The first kappa shape index (κ1) is 15.5. The molecule has 2 aromatic rings. The summed E-state index contributed by atoms with van der Waals surface area (Å²) in [5, 5.41) is 11.0. The van der Waals surface area contributed by atoms with E-state index in [-0.39, 0.29) is 0 Å². The summed E-state index contributed by atoms with van der Waals surface area (Å²) < 4.78 is 10.3. The minimum absolute atomic E-state index is 0.378. The van der Waals surface area contributed by atoms with Gasteiger partial charge in [-0.1, -0.05) is 29.4 Å². The molecule has 2 rings (SSSR count). The number of aryl methyl sites for hydroxylation is 1. The molecule has 0 aliphatic rings. The summed E-state index contributed by atoms with van der Waals surface area (Å²) in [7, 11) is 0. The minimum atomic E-state index is 0.378. The lowest BCUT2D eigenvalue weighted by Crippen LogP contribution is -2.28. The Labute approximate surface area is 125 Å². The number of benzene rings is 1. The predicted molar refractivity (Wildman–Crippen MR) is 81.3 cm³/mol. The van der Waals surface area contributed by atoms with Crippen molar-refractivity contribution >= 4 is 0 Å². The molecule has 0 bridgehead atoms. The van der Waals surface area contributed by atoms with Gasteiger partial charge < -0.3 is 10.1 Å². The average molecular weight is 289 g/mol. The maximum atomic E-state index is 5.68. The molecule has 1 N–H and O–H groups in total. The average Bonchev–Trinajstić information content (AvgIpc) is 2.90. The van der Waals surface area contributed by atoms with Crippen LogP contribution in [0.1, 0.15) is 37.2 Å². The Morgan fingerprint density at radius 2 is 2.00 bits per heavy atom. The highest BCUT2D eigenvalue weighted by molar-refractivity contribution is 5.28. The van der Waals surface area contributed by atoms with Gasteiger partial charge in [0.05, 0.1) is 0 Å². The van der Waals surface area contributed by atoms with Gasteiger partial charge in [0.25, 0.3) is 0 Å². The SMILES string of the molecule is CCCNC(C)Cc1ccc(OCc2nonc2C)cc1. The number of nitrogens with zero attached hydrogens (tertiary/aromatic N) is 2. The van der Waals surface area contributed by atoms with E-state index in [1.54, 1.807) is 0 Å². The van der Waals surface area contributed by atoms with E-state index in [0.717, 1.165) is 36.5 Å². The van der Waals surface area contributed by atoms with E-state index in [2.05, 4.69) is 46.2 Å². The normalized spacial score (nSPS) is 12.3. The Bertz CT molecular complexity index is 537. The summed E-state index contributed by atoms with van der Waals surface area (Å²) in [6.07, 6.45) is 2.18. The molecule has 5 heteroatoms. The summed E-state index contributed by atoms with van der Waals surface area (Å²) in [6, 6.07) is 8.68. The lowest BCUT2D eigenvalue weighted by molar-refractivity contribution is 0.270. The second-order valence-electron chi connectivity index (χ2n) is 5.29. The third-order valence-electron chi connectivity index (χ3n) is 3.33. The topological polar surface area (TPSA) is 60.2 Å². The molecule has 114 valence electrons. The molecule has 1 aromatic carbocycles. The second kappa shape index (κ2) is 7.78. The van der Waals surface area contributed by atoms with Gasteiger partial charge in [-0.3, -0.25) is 0 Å². The van der Waals surface area contributed by atoms with E-state index in [4.69, 9.17) is 4.74 Å². The molecule has 1 heterocycles. The van der Waals surface area contributed by atoms with Gasteiger partial charge in [-0.25, -0.2) is 4.63 Å². The number of rotatable bonds is 8. The molecule has 0 aliphatic carbocycles. The molecule has 0 fully saturated rings. The van der Waals surface area contributed by atoms with Gasteiger partial charge in [0, 0.05) is 6.04 Å². The highest BCUT2D eigenvalue weighted by Crippen LogP contribution is 2.15. The smallest absolute Gasteiger partial charge is 0.145 e. The van der Waals surface area contributed by atoms with Crippen LogP contribution in [0.25, 0.3) is 0 Å². The number of aromatic nitrogens is 2. The highest BCUT2D eigenvalue weighted by atomic mass is 16.6. The van der Waals surface area contributed by atoms with Crippen molar-refractivity contribution < 1.29 is 9.37 Å². The molecule has 1 unspecified atom stereocenters. The van der Waals surface area contributed by atoms with E-state index in [0.29, 0.717) is 12.6 Å². The van der Waals surface area contributed by atoms with E-state index in [9.17, 15) is 0 Å². The Kier molecular flexibility index (Phi) is 5.75. The molecule has 0 spiro atoms. The molecular weight excluding hydrogens is 266 g/mol. The lowest BCUT2D eigenvalue weighted by atomic mass is 10.1. The van der Waals surface area contributed by atoms with Crippen molar-refractivity contribution in [3.63, 3.8) is 0 Å². The van der Waals surface area contributed by atoms with Crippen LogP contribution < -0.4 is 10.1 Å². The molecule has 0 saturated carbocycles. The van der Waals surface area contributed by atoms with Crippen molar-refractivity contribution in [2.45, 2.75) is 46.3 Å². The van der Waals surface area contributed by atoms with Crippen molar-refractivity contribution in [1.82, 2.24) is 15.6 Å². The van der Waals surface area contributed by atoms with Gasteiger partial charge >= 0.3 is 0 Å². The number of ether oxygens (including phenoxy) is 1. The predicted octanol–water partition coefficient (Wildman–Crippen LogP) is 2.89. The summed E-state index contributed by atoms with van der Waals surface area (Å²) in [5.41, 5.74) is 2.80. The van der Waals surface area contributed by atoms with E-state index >= 15 is 0 Å². The van der Waals surface area contributed by atoms with Crippen molar-refractivity contribution in [3.8, 4) is 5.75 Å². The second-order valence-corrected chi connectivity index (χ2v) is 5.29. The molecule has 0 radical (unpaired) electrons. The molecular formula is C16H23N3O2. The van der Waals surface area contributed by atoms with Crippen LogP contribution in [0.4, 0.5) is 0 Å².